The molecule has 0 amide bonds. The average Bonchev–Trinajstić information content (AvgIpc) is 2.34. The summed E-state index contributed by atoms with van der Waals surface area (Å²) in [6, 6.07) is 2.44. The van der Waals surface area contributed by atoms with Crippen LogP contribution in [0.5, 0.6) is 6.01 Å². The lowest BCUT2D eigenvalue weighted by atomic mass is 10.1. The van der Waals surface area contributed by atoms with Crippen molar-refractivity contribution in [3.63, 3.8) is 0 Å². The summed E-state index contributed by atoms with van der Waals surface area (Å²) in [7, 11) is 0. The Balaban J connectivity index is 1.97. The van der Waals surface area contributed by atoms with Crippen molar-refractivity contribution in [1.82, 2.24) is 15.3 Å². The van der Waals surface area contributed by atoms with Crippen LogP contribution in [0.15, 0.2) is 6.07 Å². The topological polar surface area (TPSA) is 56.3 Å². The molecule has 2 heterocycles. The molecule has 2 rings (SSSR count). The maximum Gasteiger partial charge on any atom is 0.316 e. The predicted molar refractivity (Wildman–Crippen MR) is 78.2 cm³/mol. The maximum atomic E-state index is 5.96. The van der Waals surface area contributed by atoms with Crippen LogP contribution in [0.1, 0.15) is 45.0 Å². The minimum atomic E-state index is -0.150. The molecule has 0 bridgehead atoms. The van der Waals surface area contributed by atoms with Gasteiger partial charge in [0.15, 0.2) is 0 Å². The third-order valence-corrected chi connectivity index (χ3v) is 3.25. The Labute approximate surface area is 121 Å². The van der Waals surface area contributed by atoms with Crippen molar-refractivity contribution in [2.45, 2.75) is 52.2 Å². The van der Waals surface area contributed by atoms with Gasteiger partial charge in [0.25, 0.3) is 0 Å². The maximum absolute atomic E-state index is 5.96. The fourth-order valence-corrected chi connectivity index (χ4v) is 2.25. The van der Waals surface area contributed by atoms with E-state index < -0.39 is 0 Å². The zero-order chi connectivity index (χ0) is 14.8. The first-order valence-electron chi connectivity index (χ1n) is 7.22. The van der Waals surface area contributed by atoms with Gasteiger partial charge in [0.1, 0.15) is 12.7 Å². The lowest BCUT2D eigenvalue weighted by molar-refractivity contribution is -0.107. The van der Waals surface area contributed by atoms with Gasteiger partial charge in [0.05, 0.1) is 11.3 Å². The third-order valence-electron chi connectivity index (χ3n) is 3.25. The zero-order valence-corrected chi connectivity index (χ0v) is 13.1. The summed E-state index contributed by atoms with van der Waals surface area (Å²) in [5, 5.41) is 3.36. The van der Waals surface area contributed by atoms with Crippen molar-refractivity contribution in [1.29, 1.82) is 0 Å². The van der Waals surface area contributed by atoms with Gasteiger partial charge < -0.3 is 14.8 Å². The van der Waals surface area contributed by atoms with E-state index in [1.807, 2.05) is 13.0 Å². The predicted octanol–water partition coefficient (Wildman–Crippen LogP) is 2.05. The Kier molecular flexibility index (Phi) is 4.60. The SMILES string of the molecule is Cc1cc(C(C)C)nc(OCC2CNCC(C)(C)O2)n1. The average molecular weight is 279 g/mol. The molecular weight excluding hydrogens is 254 g/mol. The van der Waals surface area contributed by atoms with Crippen LogP contribution in [-0.2, 0) is 4.74 Å². The van der Waals surface area contributed by atoms with E-state index in [0.29, 0.717) is 18.5 Å². The summed E-state index contributed by atoms with van der Waals surface area (Å²) in [6.07, 6.45) is 0.0327. The highest BCUT2D eigenvalue weighted by Crippen LogP contribution is 2.18. The quantitative estimate of drug-likeness (QED) is 0.914. The van der Waals surface area contributed by atoms with Crippen molar-refractivity contribution < 1.29 is 9.47 Å². The van der Waals surface area contributed by atoms with Crippen LogP contribution in [-0.4, -0.2) is 41.4 Å². The second-order valence-electron chi connectivity index (χ2n) is 6.31. The number of nitrogens with one attached hydrogen (secondary N) is 1. The Morgan fingerprint density at radius 2 is 2.20 bits per heavy atom. The molecule has 1 aromatic rings. The highest BCUT2D eigenvalue weighted by atomic mass is 16.6. The van der Waals surface area contributed by atoms with Gasteiger partial charge in [-0.2, -0.15) is 4.98 Å². The van der Waals surface area contributed by atoms with Crippen LogP contribution in [0, 0.1) is 6.92 Å². The molecule has 5 nitrogen and oxygen atoms in total. The molecule has 0 aliphatic carbocycles. The van der Waals surface area contributed by atoms with E-state index in [1.165, 1.54) is 0 Å². The molecule has 1 fully saturated rings. The van der Waals surface area contributed by atoms with Crippen molar-refractivity contribution in [2.24, 2.45) is 0 Å². The monoisotopic (exact) mass is 279 g/mol. The fourth-order valence-electron chi connectivity index (χ4n) is 2.25. The number of aryl methyl sites for hydroxylation is 1. The minimum absolute atomic E-state index is 0.0327. The number of ether oxygens (including phenoxy) is 2. The molecule has 5 heteroatoms. The Morgan fingerprint density at radius 3 is 2.85 bits per heavy atom. The third kappa shape index (κ3) is 4.15. The Hall–Kier alpha value is -1.20. The van der Waals surface area contributed by atoms with E-state index in [1.54, 1.807) is 0 Å². The summed E-state index contributed by atoms with van der Waals surface area (Å²) in [4.78, 5) is 8.77. The second-order valence-corrected chi connectivity index (χ2v) is 6.31. The Bertz CT molecular complexity index is 460. The fraction of sp³-hybridized carbons (Fsp3) is 0.733. The molecule has 1 atom stereocenters. The molecule has 1 aliphatic rings. The molecular formula is C15H25N3O2. The summed E-state index contributed by atoms with van der Waals surface area (Å²) < 4.78 is 11.7. The second kappa shape index (κ2) is 6.06. The van der Waals surface area contributed by atoms with E-state index >= 15 is 0 Å². The van der Waals surface area contributed by atoms with Gasteiger partial charge in [0.2, 0.25) is 0 Å². The van der Waals surface area contributed by atoms with Gasteiger partial charge >= 0.3 is 6.01 Å². The van der Waals surface area contributed by atoms with E-state index in [-0.39, 0.29) is 11.7 Å². The molecule has 112 valence electrons. The van der Waals surface area contributed by atoms with Crippen LogP contribution in [0.25, 0.3) is 0 Å². The Morgan fingerprint density at radius 1 is 1.45 bits per heavy atom. The number of morpholine rings is 1. The van der Waals surface area contributed by atoms with Crippen LogP contribution < -0.4 is 10.1 Å². The summed E-state index contributed by atoms with van der Waals surface area (Å²) in [5.74, 6) is 0.366. The van der Waals surface area contributed by atoms with Gasteiger partial charge in [0, 0.05) is 18.8 Å². The van der Waals surface area contributed by atoms with Crippen LogP contribution in [0.3, 0.4) is 0 Å². The van der Waals surface area contributed by atoms with Gasteiger partial charge in [-0.1, -0.05) is 13.8 Å². The first kappa shape index (κ1) is 15.2. The van der Waals surface area contributed by atoms with Crippen LogP contribution in [0.2, 0.25) is 0 Å². The van der Waals surface area contributed by atoms with Gasteiger partial charge in [-0.05, 0) is 32.8 Å². The molecule has 1 saturated heterocycles. The molecule has 1 N–H and O–H groups in total. The molecule has 0 spiro atoms. The van der Waals surface area contributed by atoms with Crippen molar-refractivity contribution in [2.75, 3.05) is 19.7 Å². The van der Waals surface area contributed by atoms with E-state index in [4.69, 9.17) is 9.47 Å². The summed E-state index contributed by atoms with van der Waals surface area (Å²) >= 11 is 0. The zero-order valence-electron chi connectivity index (χ0n) is 13.1. The molecule has 20 heavy (non-hydrogen) atoms. The molecule has 1 aliphatic heterocycles. The highest BCUT2D eigenvalue weighted by Gasteiger charge is 2.28. The van der Waals surface area contributed by atoms with Crippen molar-refractivity contribution >= 4 is 0 Å². The number of hydrogen-bond acceptors (Lipinski definition) is 5. The van der Waals surface area contributed by atoms with E-state index in [0.717, 1.165) is 24.5 Å². The van der Waals surface area contributed by atoms with Gasteiger partial charge in [-0.15, -0.1) is 0 Å². The first-order valence-corrected chi connectivity index (χ1v) is 7.22. The van der Waals surface area contributed by atoms with E-state index in [2.05, 4.69) is 43.0 Å². The van der Waals surface area contributed by atoms with Crippen molar-refractivity contribution in [3.8, 4) is 6.01 Å². The standard InChI is InChI=1S/C15H25N3O2/c1-10(2)13-6-11(3)17-14(18-13)19-8-12-7-16-9-15(4,5)20-12/h6,10,12,16H,7-9H2,1-5H3. The van der Waals surface area contributed by atoms with Gasteiger partial charge in [-0.25, -0.2) is 4.98 Å². The molecule has 1 aromatic heterocycles. The minimum Gasteiger partial charge on any atom is -0.461 e. The number of aromatic nitrogens is 2. The normalized spacial score (nSPS) is 22.0. The van der Waals surface area contributed by atoms with Crippen LogP contribution in [0.4, 0.5) is 0 Å². The molecule has 1 unspecified atom stereocenters. The largest absolute Gasteiger partial charge is 0.461 e. The first-order chi connectivity index (χ1) is 9.35. The molecule has 0 radical (unpaired) electrons. The summed E-state index contributed by atoms with van der Waals surface area (Å²) in [5.41, 5.74) is 1.79. The highest BCUT2D eigenvalue weighted by molar-refractivity contribution is 5.15. The van der Waals surface area contributed by atoms with E-state index in [9.17, 15) is 0 Å². The summed E-state index contributed by atoms with van der Waals surface area (Å²) in [6.45, 7) is 12.5. The number of hydrogen-bond donors (Lipinski definition) is 1. The lowest BCUT2D eigenvalue weighted by Crippen LogP contribution is -2.52. The number of nitrogens with zero attached hydrogens (tertiary/aromatic N) is 2. The van der Waals surface area contributed by atoms with Crippen molar-refractivity contribution in [3.05, 3.63) is 17.5 Å². The smallest absolute Gasteiger partial charge is 0.316 e. The molecule has 0 aromatic carbocycles. The van der Waals surface area contributed by atoms with Crippen LogP contribution >= 0.6 is 0 Å². The molecule has 0 saturated carbocycles. The number of rotatable bonds is 4. The lowest BCUT2D eigenvalue weighted by Gasteiger charge is -2.36. The van der Waals surface area contributed by atoms with Gasteiger partial charge in [-0.3, -0.25) is 0 Å².